The molecule has 0 saturated carbocycles. The molecule has 0 spiro atoms. The van der Waals surface area contributed by atoms with E-state index in [1.807, 2.05) is 13.8 Å². The van der Waals surface area contributed by atoms with Gasteiger partial charge in [0.1, 0.15) is 10.7 Å². The smallest absolute Gasteiger partial charge is 0.404 e. The van der Waals surface area contributed by atoms with E-state index in [1.165, 1.54) is 6.07 Å². The Labute approximate surface area is 99.8 Å². The van der Waals surface area contributed by atoms with Gasteiger partial charge in [0.2, 0.25) is 0 Å². The van der Waals surface area contributed by atoms with E-state index in [0.29, 0.717) is 12.3 Å². The Morgan fingerprint density at radius 1 is 1.47 bits per heavy atom. The van der Waals surface area contributed by atoms with Crippen molar-refractivity contribution in [3.8, 4) is 0 Å². The lowest BCUT2D eigenvalue weighted by molar-refractivity contribution is -0.402. The first-order valence-corrected chi connectivity index (χ1v) is 5.66. The Balaban J connectivity index is 2.62. The largest absolute Gasteiger partial charge is 0.433 e. The fourth-order valence-electron chi connectivity index (χ4n) is 1.61. The molecule has 0 amide bonds. The molecule has 0 fully saturated rings. The summed E-state index contributed by atoms with van der Waals surface area (Å²) in [7, 11) is 0. The quantitative estimate of drug-likeness (QED) is 0.562. The minimum absolute atomic E-state index is 0.0306. The first-order chi connectivity index (χ1) is 8.06. The van der Waals surface area contributed by atoms with E-state index in [0.717, 1.165) is 12.8 Å². The highest BCUT2D eigenvalue weighted by molar-refractivity contribution is 5.17. The van der Waals surface area contributed by atoms with Crippen LogP contribution in [-0.4, -0.2) is 22.2 Å². The third-order valence-electron chi connectivity index (χ3n) is 3.12. The average Bonchev–Trinajstić information content (AvgIpc) is 2.81. The van der Waals surface area contributed by atoms with Gasteiger partial charge < -0.3 is 14.8 Å². The highest BCUT2D eigenvalue weighted by Gasteiger charge is 2.25. The Bertz CT molecular complexity index is 363. The second kappa shape index (κ2) is 5.79. The Hall–Kier alpha value is -1.40. The van der Waals surface area contributed by atoms with Gasteiger partial charge in [0, 0.05) is 5.54 Å². The molecule has 0 aliphatic heterocycles. The number of nitro groups is 1. The molecule has 1 heterocycles. The molecule has 6 nitrogen and oxygen atoms in total. The molecule has 0 aliphatic rings. The van der Waals surface area contributed by atoms with Crippen molar-refractivity contribution in [2.45, 2.75) is 38.8 Å². The van der Waals surface area contributed by atoms with Gasteiger partial charge >= 0.3 is 5.88 Å². The van der Waals surface area contributed by atoms with Crippen molar-refractivity contribution >= 4 is 5.88 Å². The summed E-state index contributed by atoms with van der Waals surface area (Å²) < 4.78 is 5.03. The molecule has 2 N–H and O–H groups in total. The predicted octanol–water partition coefficient (Wildman–Crippen LogP) is 1.83. The minimum Gasteiger partial charge on any atom is -0.404 e. The van der Waals surface area contributed by atoms with Crippen LogP contribution in [0.3, 0.4) is 0 Å². The SMILES string of the molecule is CCC(CC)(CO)NCc1ccc([N+](=O)[O-])o1. The van der Waals surface area contributed by atoms with Gasteiger partial charge in [-0.3, -0.25) is 10.1 Å². The van der Waals surface area contributed by atoms with E-state index in [4.69, 9.17) is 4.42 Å². The fraction of sp³-hybridized carbons (Fsp3) is 0.636. The van der Waals surface area contributed by atoms with E-state index in [1.54, 1.807) is 6.07 Å². The van der Waals surface area contributed by atoms with Crippen LogP contribution in [-0.2, 0) is 6.54 Å². The van der Waals surface area contributed by atoms with Crippen molar-refractivity contribution in [3.63, 3.8) is 0 Å². The van der Waals surface area contributed by atoms with Gasteiger partial charge in [-0.2, -0.15) is 0 Å². The van der Waals surface area contributed by atoms with Gasteiger partial charge in [-0.05, 0) is 18.9 Å². The second-order valence-corrected chi connectivity index (χ2v) is 4.00. The molecule has 6 heteroatoms. The number of hydrogen-bond donors (Lipinski definition) is 2. The fourth-order valence-corrected chi connectivity index (χ4v) is 1.61. The highest BCUT2D eigenvalue weighted by atomic mass is 16.6. The molecular formula is C11H18N2O4. The van der Waals surface area contributed by atoms with Crippen LogP contribution >= 0.6 is 0 Å². The second-order valence-electron chi connectivity index (χ2n) is 4.00. The minimum atomic E-state index is -0.567. The van der Waals surface area contributed by atoms with E-state index >= 15 is 0 Å². The van der Waals surface area contributed by atoms with E-state index in [2.05, 4.69) is 5.32 Å². The van der Waals surface area contributed by atoms with E-state index in [9.17, 15) is 15.2 Å². The van der Waals surface area contributed by atoms with Gasteiger partial charge in [-0.1, -0.05) is 13.8 Å². The zero-order valence-corrected chi connectivity index (χ0v) is 10.1. The van der Waals surface area contributed by atoms with Crippen molar-refractivity contribution in [3.05, 3.63) is 28.0 Å². The highest BCUT2D eigenvalue weighted by Crippen LogP contribution is 2.18. The molecule has 0 bridgehead atoms. The zero-order chi connectivity index (χ0) is 12.9. The number of furan rings is 1. The maximum Gasteiger partial charge on any atom is 0.433 e. The molecule has 17 heavy (non-hydrogen) atoms. The standard InChI is InChI=1S/C11H18N2O4/c1-3-11(4-2,8-14)12-7-9-5-6-10(17-9)13(15)16/h5-6,12,14H,3-4,7-8H2,1-2H3. The first-order valence-electron chi connectivity index (χ1n) is 5.66. The lowest BCUT2D eigenvalue weighted by atomic mass is 9.94. The summed E-state index contributed by atoms with van der Waals surface area (Å²) in [6.45, 7) is 4.37. The van der Waals surface area contributed by atoms with Crippen LogP contribution in [0.5, 0.6) is 0 Å². The van der Waals surface area contributed by atoms with Gasteiger partial charge in [0.25, 0.3) is 0 Å². The lowest BCUT2D eigenvalue weighted by Crippen LogP contribution is -2.46. The average molecular weight is 242 g/mol. The topological polar surface area (TPSA) is 88.5 Å². The van der Waals surface area contributed by atoms with Gasteiger partial charge in [-0.25, -0.2) is 0 Å². The molecule has 0 aromatic carbocycles. The van der Waals surface area contributed by atoms with E-state index < -0.39 is 4.92 Å². The maximum atomic E-state index is 10.4. The van der Waals surface area contributed by atoms with Crippen molar-refractivity contribution in [2.75, 3.05) is 6.61 Å². The number of nitrogens with zero attached hydrogens (tertiary/aromatic N) is 1. The maximum absolute atomic E-state index is 10.4. The Morgan fingerprint density at radius 3 is 2.53 bits per heavy atom. The predicted molar refractivity (Wildman–Crippen MR) is 62.6 cm³/mol. The Morgan fingerprint density at radius 2 is 2.12 bits per heavy atom. The van der Waals surface area contributed by atoms with Crippen molar-refractivity contribution in [1.29, 1.82) is 0 Å². The molecule has 1 aromatic rings. The van der Waals surface area contributed by atoms with Gasteiger partial charge in [0.15, 0.2) is 0 Å². The van der Waals surface area contributed by atoms with Gasteiger partial charge in [-0.15, -0.1) is 0 Å². The molecule has 1 aromatic heterocycles. The molecule has 0 radical (unpaired) electrons. The summed E-state index contributed by atoms with van der Waals surface area (Å²) in [5, 5.41) is 23.0. The molecule has 1 rings (SSSR count). The summed E-state index contributed by atoms with van der Waals surface area (Å²) in [5.74, 6) is 0.237. The molecular weight excluding hydrogens is 224 g/mol. The van der Waals surface area contributed by atoms with Crippen LogP contribution in [0.4, 0.5) is 5.88 Å². The molecule has 0 atom stereocenters. The number of hydrogen-bond acceptors (Lipinski definition) is 5. The normalized spacial score (nSPS) is 11.7. The lowest BCUT2D eigenvalue weighted by Gasteiger charge is -2.30. The number of nitrogens with one attached hydrogen (secondary N) is 1. The van der Waals surface area contributed by atoms with Gasteiger partial charge in [0.05, 0.1) is 19.2 Å². The monoisotopic (exact) mass is 242 g/mol. The van der Waals surface area contributed by atoms with Crippen LogP contribution < -0.4 is 5.32 Å². The van der Waals surface area contributed by atoms with Crippen molar-refractivity contribution < 1.29 is 14.4 Å². The van der Waals surface area contributed by atoms with Crippen LogP contribution in [0.15, 0.2) is 16.5 Å². The summed E-state index contributed by atoms with van der Waals surface area (Å²) in [5.41, 5.74) is -0.346. The van der Waals surface area contributed by atoms with Crippen molar-refractivity contribution in [2.24, 2.45) is 0 Å². The molecule has 0 unspecified atom stereocenters. The third kappa shape index (κ3) is 3.28. The number of aliphatic hydroxyl groups excluding tert-OH is 1. The zero-order valence-electron chi connectivity index (χ0n) is 10.1. The number of rotatable bonds is 7. The Kier molecular flexibility index (Phi) is 4.65. The van der Waals surface area contributed by atoms with Crippen molar-refractivity contribution in [1.82, 2.24) is 5.32 Å². The molecule has 0 aliphatic carbocycles. The molecule has 0 saturated heterocycles. The molecule has 96 valence electrons. The van der Waals surface area contributed by atoms with Crippen LogP contribution in [0.1, 0.15) is 32.4 Å². The summed E-state index contributed by atoms with van der Waals surface area (Å²) >= 11 is 0. The van der Waals surface area contributed by atoms with Crippen LogP contribution in [0, 0.1) is 10.1 Å². The van der Waals surface area contributed by atoms with Crippen LogP contribution in [0.25, 0.3) is 0 Å². The first kappa shape index (κ1) is 13.7. The summed E-state index contributed by atoms with van der Waals surface area (Å²) in [6, 6.07) is 2.90. The van der Waals surface area contributed by atoms with Crippen LogP contribution in [0.2, 0.25) is 0 Å². The number of aliphatic hydroxyl groups is 1. The van der Waals surface area contributed by atoms with E-state index in [-0.39, 0.29) is 18.0 Å². The summed E-state index contributed by atoms with van der Waals surface area (Å²) in [4.78, 5) is 9.87. The summed E-state index contributed by atoms with van der Waals surface area (Å²) in [6.07, 6.45) is 1.56. The third-order valence-corrected chi connectivity index (χ3v) is 3.12.